The zero-order valence-corrected chi connectivity index (χ0v) is 41.0. The fraction of sp³-hybridized carbons (Fsp3) is 0.700. The highest BCUT2D eigenvalue weighted by atomic mass is 16.7. The summed E-state index contributed by atoms with van der Waals surface area (Å²) in [6.07, 6.45) is 3.23. The molecule has 8 atom stereocenters. The molecule has 2 aliphatic heterocycles. The third kappa shape index (κ3) is 16.5. The van der Waals surface area contributed by atoms with Crippen LogP contribution in [-0.4, -0.2) is 139 Å². The molecule has 0 aliphatic carbocycles. The van der Waals surface area contributed by atoms with E-state index in [1.54, 1.807) is 33.1 Å². The van der Waals surface area contributed by atoms with Crippen molar-refractivity contribution in [2.75, 3.05) is 47.5 Å². The van der Waals surface area contributed by atoms with E-state index >= 15 is 0 Å². The first-order valence-corrected chi connectivity index (χ1v) is 23.7. The highest BCUT2D eigenvalue weighted by Crippen LogP contribution is 2.30. The van der Waals surface area contributed by atoms with Crippen LogP contribution in [0.5, 0.6) is 0 Å². The molecule has 15 nitrogen and oxygen atoms in total. The minimum absolute atomic E-state index is 0.00370. The van der Waals surface area contributed by atoms with E-state index in [2.05, 4.69) is 16.4 Å². The van der Waals surface area contributed by atoms with Crippen LogP contribution in [0.25, 0.3) is 0 Å². The second kappa shape index (κ2) is 27.3. The van der Waals surface area contributed by atoms with Gasteiger partial charge in [0.05, 0.1) is 49.3 Å². The fourth-order valence-electron chi connectivity index (χ4n) is 9.07. The van der Waals surface area contributed by atoms with E-state index < -0.39 is 48.3 Å². The smallest absolute Gasteiger partial charge is 0.303 e. The van der Waals surface area contributed by atoms with Crippen molar-refractivity contribution in [3.8, 4) is 0 Å². The number of nitrogens with one attached hydrogen (secondary N) is 2. The predicted octanol–water partition coefficient (Wildman–Crippen LogP) is 5.75. The van der Waals surface area contributed by atoms with Crippen molar-refractivity contribution in [2.24, 2.45) is 23.7 Å². The molecule has 0 unspecified atom stereocenters. The molecule has 65 heavy (non-hydrogen) atoms. The molecule has 0 radical (unpaired) electrons. The molecular weight excluding hydrogens is 831 g/mol. The van der Waals surface area contributed by atoms with Gasteiger partial charge in [-0.15, -0.1) is 5.73 Å². The summed E-state index contributed by atoms with van der Waals surface area (Å²) in [5.74, 6) is -3.16. The van der Waals surface area contributed by atoms with Crippen molar-refractivity contribution < 1.29 is 48.2 Å². The maximum Gasteiger partial charge on any atom is 0.303 e. The first-order chi connectivity index (χ1) is 30.8. The Bertz CT molecular complexity index is 1790. The second-order valence-electron chi connectivity index (χ2n) is 18.7. The summed E-state index contributed by atoms with van der Waals surface area (Å²) in [6.45, 7) is 17.1. The number of rotatable bonds is 26. The molecule has 2 saturated heterocycles. The molecular formula is C50H79N5O10. The maximum atomic E-state index is 14.3. The van der Waals surface area contributed by atoms with Gasteiger partial charge in [0, 0.05) is 52.1 Å². The van der Waals surface area contributed by atoms with Gasteiger partial charge in [0.2, 0.25) is 17.7 Å². The van der Waals surface area contributed by atoms with E-state index in [1.807, 2.05) is 83.7 Å². The third-order valence-electron chi connectivity index (χ3n) is 12.8. The number of benzene rings is 1. The number of carbonyl (C=O) groups is 6. The molecule has 0 saturated carbocycles. The van der Waals surface area contributed by atoms with Gasteiger partial charge in [0.1, 0.15) is 6.04 Å². The van der Waals surface area contributed by atoms with Gasteiger partial charge in [0.25, 0.3) is 5.91 Å². The Morgan fingerprint density at radius 1 is 0.923 bits per heavy atom. The van der Waals surface area contributed by atoms with Crippen LogP contribution in [-0.2, 0) is 49.5 Å². The van der Waals surface area contributed by atoms with Crippen molar-refractivity contribution in [3.63, 3.8) is 0 Å². The zero-order valence-electron chi connectivity index (χ0n) is 41.0. The number of carboxylic acid groups (broad SMARTS) is 1. The van der Waals surface area contributed by atoms with Gasteiger partial charge in [-0.3, -0.25) is 38.5 Å². The van der Waals surface area contributed by atoms with Gasteiger partial charge in [-0.25, -0.2) is 5.06 Å². The lowest BCUT2D eigenvalue weighted by Crippen LogP contribution is -2.55. The van der Waals surface area contributed by atoms with E-state index in [0.29, 0.717) is 51.1 Å². The molecule has 3 N–H and O–H groups in total. The van der Waals surface area contributed by atoms with Crippen LogP contribution >= 0.6 is 0 Å². The molecule has 2 heterocycles. The number of likely N-dealkylation sites (tertiary alicyclic amines) is 1. The number of carbonyl (C=O) groups excluding carboxylic acids is 5. The van der Waals surface area contributed by atoms with Crippen LogP contribution in [0.1, 0.15) is 119 Å². The quantitative estimate of drug-likeness (QED) is 0.0962. The number of amides is 4. The van der Waals surface area contributed by atoms with Crippen molar-refractivity contribution in [2.45, 2.75) is 156 Å². The highest BCUT2D eigenvalue weighted by molar-refractivity contribution is 5.92. The zero-order chi connectivity index (χ0) is 48.4. The number of ketones is 1. The lowest BCUT2D eigenvalue weighted by molar-refractivity contribution is -0.199. The Morgan fingerprint density at radius 2 is 1.62 bits per heavy atom. The predicted molar refractivity (Wildman–Crippen MR) is 249 cm³/mol. The molecule has 1 aromatic rings. The van der Waals surface area contributed by atoms with Crippen LogP contribution in [0, 0.1) is 23.7 Å². The topological polar surface area (TPSA) is 184 Å². The SMILES string of the molecule is CC[C@H](C)C(=C=C(C)CC(=O)[C@@H](NC(=O)[C@H](C(C)C)N(C)CCCC(=O)O)C(C)C)[C@@H](CC(=O)N1CCC[C@H]1[C@H](OC)[C@@H](C)C(=O)N[C@@H](Cc1ccccc1)C(=O)N1CCCCO1)OC. The van der Waals surface area contributed by atoms with Crippen molar-refractivity contribution in [1.29, 1.82) is 0 Å². The lowest BCUT2D eigenvalue weighted by atomic mass is 9.90. The average molecular weight is 910 g/mol. The number of hydroxylamine groups is 2. The first-order valence-electron chi connectivity index (χ1n) is 23.7. The molecule has 15 heteroatoms. The summed E-state index contributed by atoms with van der Waals surface area (Å²) < 4.78 is 12.0. The van der Waals surface area contributed by atoms with Crippen LogP contribution in [0.4, 0.5) is 0 Å². The number of hydrogen-bond acceptors (Lipinski definition) is 10. The van der Waals surface area contributed by atoms with E-state index in [1.165, 1.54) is 5.06 Å². The third-order valence-corrected chi connectivity index (χ3v) is 12.8. The molecule has 0 bridgehead atoms. The number of ether oxygens (including phenoxy) is 2. The number of Topliss-reactive ketones (excluding diaryl/α,β-unsaturated/α-hetero) is 1. The number of likely N-dealkylation sites (N-methyl/N-ethyl adjacent to an activating group) is 1. The van der Waals surface area contributed by atoms with Crippen molar-refractivity contribution in [3.05, 3.63) is 52.8 Å². The van der Waals surface area contributed by atoms with E-state index in [0.717, 1.165) is 36.8 Å². The summed E-state index contributed by atoms with van der Waals surface area (Å²) in [5.41, 5.74) is 5.78. The standard InChI is InChI=1S/C50H79N5O10/c1-12-35(7)38(28-34(6)29-41(56)45(32(2)3)52-49(61)46(33(4)5)53(9)24-19-23-44(58)59)42(63-10)31-43(57)54-25-18-22-40(54)47(64-11)36(8)48(60)51-39(30-37-20-14-13-15-21-37)50(62)55-26-16-17-27-65-55/h13-15,20-21,32-33,35-36,39-40,42,45-47H,12,16-19,22-27,29-31H2,1-11H3,(H,51,60)(H,52,61)(H,58,59)/t28?,35-,36+,39-,40-,42+,45-,46-,47+/m0/s1. The van der Waals surface area contributed by atoms with Crippen LogP contribution in [0.15, 0.2) is 47.2 Å². The van der Waals surface area contributed by atoms with E-state index in [9.17, 15) is 28.8 Å². The minimum Gasteiger partial charge on any atom is -0.481 e. The van der Waals surface area contributed by atoms with E-state index in [-0.39, 0.29) is 66.4 Å². The maximum absolute atomic E-state index is 14.3. The van der Waals surface area contributed by atoms with E-state index in [4.69, 9.17) is 19.4 Å². The van der Waals surface area contributed by atoms with Gasteiger partial charge >= 0.3 is 5.97 Å². The Labute approximate surface area is 388 Å². The van der Waals surface area contributed by atoms with Crippen molar-refractivity contribution in [1.82, 2.24) is 25.5 Å². The molecule has 4 amide bonds. The molecule has 0 aromatic heterocycles. The van der Waals surface area contributed by atoms with Gasteiger partial charge in [-0.1, -0.05) is 78.8 Å². The number of hydrogen-bond donors (Lipinski definition) is 3. The summed E-state index contributed by atoms with van der Waals surface area (Å²) in [5, 5.41) is 16.5. The van der Waals surface area contributed by atoms with Gasteiger partial charge < -0.3 is 30.1 Å². The summed E-state index contributed by atoms with van der Waals surface area (Å²) in [7, 11) is 4.90. The van der Waals surface area contributed by atoms with Crippen LogP contribution < -0.4 is 10.6 Å². The highest BCUT2D eigenvalue weighted by Gasteiger charge is 2.42. The van der Waals surface area contributed by atoms with Crippen LogP contribution in [0.3, 0.4) is 0 Å². The Morgan fingerprint density at radius 3 is 2.18 bits per heavy atom. The molecule has 2 aliphatic rings. The van der Waals surface area contributed by atoms with Crippen LogP contribution in [0.2, 0.25) is 0 Å². The number of nitrogens with zero attached hydrogens (tertiary/aromatic N) is 3. The average Bonchev–Trinajstić information content (AvgIpc) is 3.76. The monoisotopic (exact) mass is 910 g/mol. The number of methoxy groups -OCH3 is 2. The van der Waals surface area contributed by atoms with Gasteiger partial charge in [0.15, 0.2) is 5.78 Å². The molecule has 1 aromatic carbocycles. The first kappa shape index (κ1) is 54.9. The Hall–Kier alpha value is -4.40. The second-order valence-corrected chi connectivity index (χ2v) is 18.7. The number of aliphatic carboxylic acids is 1. The molecule has 364 valence electrons. The fourth-order valence-corrected chi connectivity index (χ4v) is 9.07. The largest absolute Gasteiger partial charge is 0.481 e. The van der Waals surface area contributed by atoms with Gasteiger partial charge in [-0.05, 0) is 87.9 Å². The molecule has 0 spiro atoms. The summed E-state index contributed by atoms with van der Waals surface area (Å²) in [4.78, 5) is 90.0. The summed E-state index contributed by atoms with van der Waals surface area (Å²) in [6, 6.07) is 6.97. The lowest BCUT2D eigenvalue weighted by Gasteiger charge is -2.35. The normalized spacial score (nSPS) is 18.6. The summed E-state index contributed by atoms with van der Waals surface area (Å²) >= 11 is 0. The number of carboxylic acids is 1. The molecule has 2 fully saturated rings. The van der Waals surface area contributed by atoms with Crippen molar-refractivity contribution >= 4 is 35.4 Å². The minimum atomic E-state index is -0.889. The Balaban J connectivity index is 1.79. The molecule has 3 rings (SSSR count). The Kier molecular flexibility index (Phi) is 23.1. The van der Waals surface area contributed by atoms with Gasteiger partial charge in [-0.2, -0.15) is 0 Å².